The van der Waals surface area contributed by atoms with Crippen LogP contribution in [0.25, 0.3) is 11.3 Å². The molecule has 1 heterocycles. The Kier molecular flexibility index (Phi) is 3.93. The van der Waals surface area contributed by atoms with Gasteiger partial charge in [-0.15, -0.1) is 0 Å². The van der Waals surface area contributed by atoms with Crippen molar-refractivity contribution < 1.29 is 14.3 Å². The van der Waals surface area contributed by atoms with Crippen LogP contribution in [0.4, 0.5) is 4.39 Å². The van der Waals surface area contributed by atoms with Gasteiger partial charge in [0.2, 0.25) is 0 Å². The van der Waals surface area contributed by atoms with E-state index >= 15 is 0 Å². The summed E-state index contributed by atoms with van der Waals surface area (Å²) in [5.41, 5.74) is 3.39. The summed E-state index contributed by atoms with van der Waals surface area (Å²) in [6, 6.07) is 15.2. The summed E-state index contributed by atoms with van der Waals surface area (Å²) in [6.45, 7) is 2.36. The zero-order valence-corrected chi connectivity index (χ0v) is 12.5. The van der Waals surface area contributed by atoms with E-state index in [1.165, 1.54) is 22.9 Å². The molecule has 1 aromatic heterocycles. The number of carboxylic acid groups (broad SMARTS) is 1. The largest absolute Gasteiger partial charge is 0.477 e. The van der Waals surface area contributed by atoms with Crippen LogP contribution in [0.1, 0.15) is 21.6 Å². The van der Waals surface area contributed by atoms with Crippen molar-refractivity contribution >= 4 is 5.97 Å². The lowest BCUT2D eigenvalue weighted by molar-refractivity contribution is 0.0684. The summed E-state index contributed by atoms with van der Waals surface area (Å²) < 4.78 is 14.5. The van der Waals surface area contributed by atoms with Crippen molar-refractivity contribution in [2.75, 3.05) is 0 Å². The average molecular weight is 310 g/mol. The molecule has 0 saturated carbocycles. The molecule has 0 aliphatic rings. The molecule has 0 fully saturated rings. The van der Waals surface area contributed by atoms with Crippen LogP contribution in [-0.4, -0.2) is 20.9 Å². The van der Waals surface area contributed by atoms with Crippen molar-refractivity contribution in [2.24, 2.45) is 0 Å². The fraction of sp³-hybridized carbons (Fsp3) is 0.111. The van der Waals surface area contributed by atoms with Crippen LogP contribution in [0.3, 0.4) is 0 Å². The number of hydrogen-bond acceptors (Lipinski definition) is 2. The number of aryl methyl sites for hydroxylation is 1. The Labute approximate surface area is 132 Å². The van der Waals surface area contributed by atoms with E-state index in [1.807, 2.05) is 31.2 Å². The summed E-state index contributed by atoms with van der Waals surface area (Å²) in [6.07, 6.45) is 0. The second-order valence-electron chi connectivity index (χ2n) is 5.37. The van der Waals surface area contributed by atoms with E-state index in [9.17, 15) is 14.3 Å². The predicted molar refractivity (Wildman–Crippen MR) is 84.9 cm³/mol. The predicted octanol–water partition coefficient (Wildman–Crippen LogP) is 3.74. The fourth-order valence-electron chi connectivity index (χ4n) is 2.34. The molecule has 0 bridgehead atoms. The van der Waals surface area contributed by atoms with E-state index in [0.29, 0.717) is 17.8 Å². The first-order chi connectivity index (χ1) is 11.0. The number of aromatic carboxylic acids is 1. The second kappa shape index (κ2) is 6.04. The minimum absolute atomic E-state index is 0.102. The number of benzene rings is 2. The van der Waals surface area contributed by atoms with Crippen molar-refractivity contribution in [3.63, 3.8) is 0 Å². The molecular formula is C18H15FN2O2. The minimum Gasteiger partial charge on any atom is -0.477 e. The molecular weight excluding hydrogens is 295 g/mol. The molecule has 3 aromatic rings. The highest BCUT2D eigenvalue weighted by atomic mass is 19.1. The van der Waals surface area contributed by atoms with E-state index < -0.39 is 5.97 Å². The van der Waals surface area contributed by atoms with E-state index in [2.05, 4.69) is 5.10 Å². The first-order valence-corrected chi connectivity index (χ1v) is 7.15. The van der Waals surface area contributed by atoms with Gasteiger partial charge in [-0.05, 0) is 42.8 Å². The van der Waals surface area contributed by atoms with E-state index in [1.54, 1.807) is 12.1 Å². The Morgan fingerprint density at radius 1 is 1.13 bits per heavy atom. The fourth-order valence-corrected chi connectivity index (χ4v) is 2.34. The Hall–Kier alpha value is -2.95. The third-order valence-corrected chi connectivity index (χ3v) is 3.59. The summed E-state index contributed by atoms with van der Waals surface area (Å²) in [7, 11) is 0. The van der Waals surface area contributed by atoms with Crippen LogP contribution in [-0.2, 0) is 6.54 Å². The standard InChI is InChI=1S/C18H15FN2O2/c1-12-2-4-13(5-3-12)11-21-17(18(22)23)10-16(20-21)14-6-8-15(19)9-7-14/h2-10H,11H2,1H3,(H,22,23). The number of halogens is 1. The molecule has 0 amide bonds. The molecule has 3 rings (SSSR count). The van der Waals surface area contributed by atoms with Crippen molar-refractivity contribution in [1.29, 1.82) is 0 Å². The summed E-state index contributed by atoms with van der Waals surface area (Å²) in [4.78, 5) is 11.4. The van der Waals surface area contributed by atoms with Crippen LogP contribution in [0.15, 0.2) is 54.6 Å². The molecule has 116 valence electrons. The molecule has 0 radical (unpaired) electrons. The van der Waals surface area contributed by atoms with Crippen molar-refractivity contribution in [1.82, 2.24) is 9.78 Å². The Morgan fingerprint density at radius 3 is 2.39 bits per heavy atom. The molecule has 0 aliphatic heterocycles. The molecule has 2 aromatic carbocycles. The van der Waals surface area contributed by atoms with Crippen LogP contribution in [0.2, 0.25) is 0 Å². The minimum atomic E-state index is -1.04. The van der Waals surface area contributed by atoms with Gasteiger partial charge >= 0.3 is 5.97 Å². The Morgan fingerprint density at radius 2 is 1.78 bits per heavy atom. The Balaban J connectivity index is 1.97. The quantitative estimate of drug-likeness (QED) is 0.798. The van der Waals surface area contributed by atoms with Gasteiger partial charge in [0.25, 0.3) is 0 Å². The van der Waals surface area contributed by atoms with Gasteiger partial charge in [-0.2, -0.15) is 5.10 Å². The van der Waals surface area contributed by atoms with E-state index in [-0.39, 0.29) is 11.5 Å². The van der Waals surface area contributed by atoms with Crippen LogP contribution in [0.5, 0.6) is 0 Å². The van der Waals surface area contributed by atoms with Crippen molar-refractivity contribution in [3.8, 4) is 11.3 Å². The molecule has 0 aliphatic carbocycles. The SMILES string of the molecule is Cc1ccc(Cn2nc(-c3ccc(F)cc3)cc2C(=O)O)cc1. The first kappa shape index (κ1) is 15.0. The van der Waals surface area contributed by atoms with Crippen molar-refractivity contribution in [3.05, 3.63) is 77.2 Å². The van der Waals surface area contributed by atoms with E-state index in [0.717, 1.165) is 11.1 Å². The van der Waals surface area contributed by atoms with Crippen molar-refractivity contribution in [2.45, 2.75) is 13.5 Å². The highest BCUT2D eigenvalue weighted by Gasteiger charge is 2.15. The van der Waals surface area contributed by atoms with Gasteiger partial charge in [0, 0.05) is 5.56 Å². The number of carbonyl (C=O) groups is 1. The third-order valence-electron chi connectivity index (χ3n) is 3.59. The van der Waals surface area contributed by atoms with E-state index in [4.69, 9.17) is 0 Å². The lowest BCUT2D eigenvalue weighted by Crippen LogP contribution is -2.10. The topological polar surface area (TPSA) is 55.1 Å². The second-order valence-corrected chi connectivity index (χ2v) is 5.37. The highest BCUT2D eigenvalue weighted by Crippen LogP contribution is 2.20. The lowest BCUT2D eigenvalue weighted by Gasteiger charge is -2.05. The third kappa shape index (κ3) is 3.29. The summed E-state index contributed by atoms with van der Waals surface area (Å²) >= 11 is 0. The smallest absolute Gasteiger partial charge is 0.354 e. The number of hydrogen-bond donors (Lipinski definition) is 1. The summed E-state index contributed by atoms with van der Waals surface area (Å²) in [5, 5.41) is 13.7. The van der Waals surface area contributed by atoms with Crippen LogP contribution in [0, 0.1) is 12.7 Å². The maximum atomic E-state index is 13.0. The molecule has 0 unspecified atom stereocenters. The van der Waals surface area contributed by atoms with Gasteiger partial charge < -0.3 is 5.11 Å². The number of nitrogens with zero attached hydrogens (tertiary/aromatic N) is 2. The number of aromatic nitrogens is 2. The number of rotatable bonds is 4. The van der Waals surface area contributed by atoms with Gasteiger partial charge in [-0.25, -0.2) is 9.18 Å². The zero-order chi connectivity index (χ0) is 16.4. The normalized spacial score (nSPS) is 10.7. The van der Waals surface area contributed by atoms with Gasteiger partial charge in [0.1, 0.15) is 11.5 Å². The molecule has 0 spiro atoms. The molecule has 0 saturated heterocycles. The molecule has 23 heavy (non-hydrogen) atoms. The Bertz CT molecular complexity index is 836. The van der Waals surface area contributed by atoms with Crippen LogP contribution >= 0.6 is 0 Å². The molecule has 1 N–H and O–H groups in total. The molecule has 0 atom stereocenters. The summed E-state index contributed by atoms with van der Waals surface area (Å²) in [5.74, 6) is -1.38. The molecule has 5 heteroatoms. The van der Waals surface area contributed by atoms with Gasteiger partial charge in [0.05, 0.1) is 12.2 Å². The maximum Gasteiger partial charge on any atom is 0.354 e. The zero-order valence-electron chi connectivity index (χ0n) is 12.5. The highest BCUT2D eigenvalue weighted by molar-refractivity contribution is 5.87. The van der Waals surface area contributed by atoms with Gasteiger partial charge in [-0.3, -0.25) is 4.68 Å². The first-order valence-electron chi connectivity index (χ1n) is 7.15. The number of carboxylic acids is 1. The van der Waals surface area contributed by atoms with Gasteiger partial charge in [0.15, 0.2) is 0 Å². The monoisotopic (exact) mass is 310 g/mol. The van der Waals surface area contributed by atoms with Crippen LogP contribution < -0.4 is 0 Å². The van der Waals surface area contributed by atoms with Gasteiger partial charge in [-0.1, -0.05) is 29.8 Å². The lowest BCUT2D eigenvalue weighted by atomic mass is 10.1. The average Bonchev–Trinajstić information content (AvgIpc) is 2.94. The maximum absolute atomic E-state index is 13.0. The molecule has 4 nitrogen and oxygen atoms in total.